The van der Waals surface area contributed by atoms with Crippen LogP contribution in [0.1, 0.15) is 26.3 Å². The molecule has 0 saturated heterocycles. The second kappa shape index (κ2) is 6.10. The minimum Gasteiger partial charge on any atom is -0.872 e. The van der Waals surface area contributed by atoms with Gasteiger partial charge in [-0.25, -0.2) is 4.79 Å². The standard InChI is InChI=1S/C14H19NO3/c1-4-15(5-2)12-7-6-11(13(16)9-12)8-10(3)14(17)18/h6-9,16H,4-5H2,1-3H3,(H,17,18)/p-1/b10-8+. The van der Waals surface area contributed by atoms with E-state index in [2.05, 4.69) is 4.90 Å². The van der Waals surface area contributed by atoms with E-state index in [0.717, 1.165) is 18.8 Å². The molecular weight excluding hydrogens is 230 g/mol. The van der Waals surface area contributed by atoms with Crippen molar-refractivity contribution >= 4 is 17.7 Å². The highest BCUT2D eigenvalue weighted by Gasteiger charge is 2.04. The molecule has 1 N–H and O–H groups in total. The maximum Gasteiger partial charge on any atom is 0.331 e. The lowest BCUT2D eigenvalue weighted by molar-refractivity contribution is -0.268. The van der Waals surface area contributed by atoms with Crippen molar-refractivity contribution in [3.05, 3.63) is 29.3 Å². The van der Waals surface area contributed by atoms with Crippen LogP contribution in [0.25, 0.3) is 6.08 Å². The van der Waals surface area contributed by atoms with Crippen molar-refractivity contribution < 1.29 is 15.0 Å². The Kier molecular flexibility index (Phi) is 4.77. The van der Waals surface area contributed by atoms with E-state index < -0.39 is 5.97 Å². The zero-order chi connectivity index (χ0) is 13.7. The van der Waals surface area contributed by atoms with Crippen molar-refractivity contribution in [2.45, 2.75) is 20.8 Å². The molecule has 0 unspecified atom stereocenters. The zero-order valence-corrected chi connectivity index (χ0v) is 10.9. The van der Waals surface area contributed by atoms with Gasteiger partial charge in [0.1, 0.15) is 0 Å². The van der Waals surface area contributed by atoms with Gasteiger partial charge in [0.25, 0.3) is 0 Å². The molecule has 98 valence electrons. The van der Waals surface area contributed by atoms with Crippen LogP contribution in [0.4, 0.5) is 5.69 Å². The molecule has 1 aromatic carbocycles. The Morgan fingerprint density at radius 1 is 1.39 bits per heavy atom. The molecule has 0 heterocycles. The second-order valence-corrected chi connectivity index (χ2v) is 4.03. The van der Waals surface area contributed by atoms with Crippen LogP contribution in [0.5, 0.6) is 5.75 Å². The van der Waals surface area contributed by atoms with Crippen LogP contribution in [-0.2, 0) is 4.79 Å². The van der Waals surface area contributed by atoms with Gasteiger partial charge in [-0.3, -0.25) is 0 Å². The molecule has 0 aromatic heterocycles. The van der Waals surface area contributed by atoms with Crippen LogP contribution >= 0.6 is 0 Å². The minimum absolute atomic E-state index is 0.153. The number of rotatable bonds is 5. The third kappa shape index (κ3) is 3.26. The number of aliphatic carboxylic acids is 1. The highest BCUT2D eigenvalue weighted by atomic mass is 16.4. The van der Waals surface area contributed by atoms with Crippen LogP contribution in [-0.4, -0.2) is 24.2 Å². The Hall–Kier alpha value is -1.97. The van der Waals surface area contributed by atoms with Gasteiger partial charge >= 0.3 is 5.97 Å². The van der Waals surface area contributed by atoms with E-state index in [9.17, 15) is 9.90 Å². The fourth-order valence-electron chi connectivity index (χ4n) is 1.72. The average molecular weight is 248 g/mol. The number of nitrogens with zero attached hydrogens (tertiary/aromatic N) is 1. The van der Waals surface area contributed by atoms with Gasteiger partial charge in [0.15, 0.2) is 0 Å². The normalized spacial score (nSPS) is 11.4. The van der Waals surface area contributed by atoms with Gasteiger partial charge < -0.3 is 15.1 Å². The molecule has 18 heavy (non-hydrogen) atoms. The number of hydrogen-bond acceptors (Lipinski definition) is 3. The van der Waals surface area contributed by atoms with E-state index in [1.54, 1.807) is 12.1 Å². The molecule has 0 fully saturated rings. The molecule has 0 aliphatic heterocycles. The Balaban J connectivity index is 3.07. The molecule has 0 aliphatic rings. The molecule has 4 nitrogen and oxygen atoms in total. The van der Waals surface area contributed by atoms with Gasteiger partial charge in [-0.2, -0.15) is 0 Å². The van der Waals surface area contributed by atoms with E-state index in [-0.39, 0.29) is 11.3 Å². The van der Waals surface area contributed by atoms with Crippen molar-refractivity contribution in [2.75, 3.05) is 18.0 Å². The molecule has 0 atom stereocenters. The van der Waals surface area contributed by atoms with Crippen molar-refractivity contribution in [3.63, 3.8) is 0 Å². The number of carbonyl (C=O) groups is 1. The summed E-state index contributed by atoms with van der Waals surface area (Å²) in [6, 6.07) is 5.06. The molecule has 1 rings (SSSR count). The van der Waals surface area contributed by atoms with E-state index in [1.165, 1.54) is 13.0 Å². The lowest BCUT2D eigenvalue weighted by Gasteiger charge is -2.23. The van der Waals surface area contributed by atoms with Crippen molar-refractivity contribution in [1.29, 1.82) is 0 Å². The fourth-order valence-corrected chi connectivity index (χ4v) is 1.72. The highest BCUT2D eigenvalue weighted by molar-refractivity contribution is 5.92. The number of carboxylic acid groups (broad SMARTS) is 1. The van der Waals surface area contributed by atoms with Crippen LogP contribution in [0.15, 0.2) is 23.8 Å². The summed E-state index contributed by atoms with van der Waals surface area (Å²) in [4.78, 5) is 12.8. The number of anilines is 1. The zero-order valence-electron chi connectivity index (χ0n) is 10.9. The first-order chi connectivity index (χ1) is 8.49. The molecule has 0 radical (unpaired) electrons. The molecular formula is C14H18NO3-. The smallest absolute Gasteiger partial charge is 0.331 e. The predicted octanol–water partition coefficient (Wildman–Crippen LogP) is 2.09. The SMILES string of the molecule is CCN(CC)c1ccc(/C=C(\C)C(=O)O)c([O-])c1. The lowest BCUT2D eigenvalue weighted by Crippen LogP contribution is -2.21. The maximum atomic E-state index is 11.9. The Bertz CT molecular complexity index is 462. The van der Waals surface area contributed by atoms with Crippen LogP contribution in [0, 0.1) is 0 Å². The van der Waals surface area contributed by atoms with E-state index in [1.807, 2.05) is 19.9 Å². The summed E-state index contributed by atoms with van der Waals surface area (Å²) < 4.78 is 0. The summed E-state index contributed by atoms with van der Waals surface area (Å²) in [5, 5.41) is 20.6. The van der Waals surface area contributed by atoms with Gasteiger partial charge in [-0.15, -0.1) is 0 Å². The fraction of sp³-hybridized carbons (Fsp3) is 0.357. The molecule has 0 spiro atoms. The largest absolute Gasteiger partial charge is 0.872 e. The topological polar surface area (TPSA) is 63.6 Å². The quantitative estimate of drug-likeness (QED) is 0.810. The Morgan fingerprint density at radius 2 is 2.00 bits per heavy atom. The highest BCUT2D eigenvalue weighted by Crippen LogP contribution is 2.24. The Labute approximate surface area is 107 Å². The number of benzene rings is 1. The predicted molar refractivity (Wildman–Crippen MR) is 70.7 cm³/mol. The lowest BCUT2D eigenvalue weighted by atomic mass is 10.1. The van der Waals surface area contributed by atoms with Crippen LogP contribution in [0.3, 0.4) is 0 Å². The van der Waals surface area contributed by atoms with Crippen molar-refractivity contribution in [1.82, 2.24) is 0 Å². The summed E-state index contributed by atoms with van der Waals surface area (Å²) in [6.45, 7) is 7.19. The van der Waals surface area contributed by atoms with E-state index in [0.29, 0.717) is 5.56 Å². The summed E-state index contributed by atoms with van der Waals surface area (Å²) in [7, 11) is 0. The average Bonchev–Trinajstić information content (AvgIpc) is 2.33. The van der Waals surface area contributed by atoms with Gasteiger partial charge in [0.2, 0.25) is 0 Å². The van der Waals surface area contributed by atoms with Crippen LogP contribution < -0.4 is 10.0 Å². The first-order valence-corrected chi connectivity index (χ1v) is 5.97. The Morgan fingerprint density at radius 3 is 2.44 bits per heavy atom. The minimum atomic E-state index is -1.01. The maximum absolute atomic E-state index is 11.9. The monoisotopic (exact) mass is 248 g/mol. The van der Waals surface area contributed by atoms with Crippen molar-refractivity contribution in [2.24, 2.45) is 0 Å². The van der Waals surface area contributed by atoms with Gasteiger partial charge in [0, 0.05) is 24.4 Å². The molecule has 0 amide bonds. The first-order valence-electron chi connectivity index (χ1n) is 5.97. The molecule has 1 aromatic rings. The summed E-state index contributed by atoms with van der Waals surface area (Å²) in [6.07, 6.45) is 1.40. The van der Waals surface area contributed by atoms with Gasteiger partial charge in [-0.05, 0) is 44.5 Å². The third-order valence-electron chi connectivity index (χ3n) is 2.84. The van der Waals surface area contributed by atoms with Crippen molar-refractivity contribution in [3.8, 4) is 5.75 Å². The van der Waals surface area contributed by atoms with E-state index in [4.69, 9.17) is 5.11 Å². The van der Waals surface area contributed by atoms with Gasteiger partial charge in [-0.1, -0.05) is 11.8 Å². The molecule has 4 heteroatoms. The summed E-state index contributed by atoms with van der Waals surface area (Å²) in [5.74, 6) is -1.16. The second-order valence-electron chi connectivity index (χ2n) is 4.03. The van der Waals surface area contributed by atoms with E-state index >= 15 is 0 Å². The van der Waals surface area contributed by atoms with Crippen LogP contribution in [0.2, 0.25) is 0 Å². The summed E-state index contributed by atoms with van der Waals surface area (Å²) >= 11 is 0. The number of hydrogen-bond donors (Lipinski definition) is 1. The molecule has 0 aliphatic carbocycles. The molecule has 0 bridgehead atoms. The van der Waals surface area contributed by atoms with Gasteiger partial charge in [0.05, 0.1) is 0 Å². The third-order valence-corrected chi connectivity index (χ3v) is 2.84. The molecule has 0 saturated carbocycles. The summed E-state index contributed by atoms with van der Waals surface area (Å²) in [5.41, 5.74) is 1.43. The number of carboxylic acids is 1. The first kappa shape index (κ1) is 14.1.